The number of aliphatic imine (C=N–C) groups is 1. The molecule has 1 aliphatic rings. The first-order chi connectivity index (χ1) is 12.5. The molecule has 0 atom stereocenters. The van der Waals surface area contributed by atoms with Crippen LogP contribution in [-0.2, 0) is 20.1 Å². The summed E-state index contributed by atoms with van der Waals surface area (Å²) in [5.74, 6) is 1.40. The molecule has 1 aliphatic heterocycles. The maximum Gasteiger partial charge on any atom is 0.387 e. The summed E-state index contributed by atoms with van der Waals surface area (Å²) < 4.78 is 42.1. The zero-order valence-corrected chi connectivity index (χ0v) is 14.3. The van der Waals surface area contributed by atoms with Gasteiger partial charge in [-0.25, -0.2) is 0 Å². The van der Waals surface area contributed by atoms with Gasteiger partial charge in [-0.15, -0.1) is 0 Å². The molecule has 0 amide bonds. The normalized spacial score (nSPS) is 13.2. The molecule has 0 saturated carbocycles. The highest BCUT2D eigenvalue weighted by molar-refractivity contribution is 5.79. The minimum Gasteiger partial charge on any atom is -0.454 e. The van der Waals surface area contributed by atoms with E-state index in [0.717, 1.165) is 5.56 Å². The first-order valence-electron chi connectivity index (χ1n) is 7.84. The number of benzene rings is 1. The van der Waals surface area contributed by atoms with Crippen LogP contribution < -0.4 is 24.8 Å². The van der Waals surface area contributed by atoms with Crippen LogP contribution in [0.4, 0.5) is 8.78 Å². The molecule has 140 valence electrons. The molecule has 3 rings (SSSR count). The summed E-state index contributed by atoms with van der Waals surface area (Å²) in [5.41, 5.74) is 1.49. The molecule has 0 aliphatic carbocycles. The van der Waals surface area contributed by atoms with Crippen LogP contribution in [0.3, 0.4) is 0 Å². The van der Waals surface area contributed by atoms with Crippen molar-refractivity contribution in [3.63, 3.8) is 0 Å². The quantitative estimate of drug-likeness (QED) is 0.596. The van der Waals surface area contributed by atoms with Gasteiger partial charge in [0.05, 0.1) is 6.20 Å². The number of aromatic nitrogens is 2. The third-order valence-corrected chi connectivity index (χ3v) is 3.66. The Morgan fingerprint density at radius 3 is 2.69 bits per heavy atom. The van der Waals surface area contributed by atoms with Crippen LogP contribution in [0.15, 0.2) is 29.5 Å². The summed E-state index contributed by atoms with van der Waals surface area (Å²) >= 11 is 0. The lowest BCUT2D eigenvalue weighted by Gasteiger charge is -2.15. The second-order valence-corrected chi connectivity index (χ2v) is 5.49. The number of nitrogens with zero attached hydrogens (tertiary/aromatic N) is 3. The van der Waals surface area contributed by atoms with Gasteiger partial charge in [0.2, 0.25) is 6.79 Å². The third kappa shape index (κ3) is 4.32. The van der Waals surface area contributed by atoms with Crippen molar-refractivity contribution in [3.05, 3.63) is 35.7 Å². The predicted molar refractivity (Wildman–Crippen MR) is 89.4 cm³/mol. The molecule has 0 spiro atoms. The second-order valence-electron chi connectivity index (χ2n) is 5.49. The highest BCUT2D eigenvalue weighted by Crippen LogP contribution is 2.38. The van der Waals surface area contributed by atoms with Gasteiger partial charge in [0.25, 0.3) is 0 Å². The highest BCUT2D eigenvalue weighted by atomic mass is 19.3. The van der Waals surface area contributed by atoms with Gasteiger partial charge in [-0.3, -0.25) is 9.67 Å². The fourth-order valence-electron chi connectivity index (χ4n) is 2.46. The zero-order chi connectivity index (χ0) is 18.5. The number of aryl methyl sites for hydroxylation is 1. The minimum absolute atomic E-state index is 0.0273. The average Bonchev–Trinajstić information content (AvgIpc) is 3.22. The maximum atomic E-state index is 12.7. The molecular weight excluding hydrogens is 348 g/mol. The van der Waals surface area contributed by atoms with E-state index in [1.165, 1.54) is 6.07 Å². The van der Waals surface area contributed by atoms with E-state index in [1.54, 1.807) is 24.0 Å². The van der Waals surface area contributed by atoms with E-state index in [2.05, 4.69) is 25.5 Å². The molecule has 0 unspecified atom stereocenters. The van der Waals surface area contributed by atoms with Crippen LogP contribution in [0.5, 0.6) is 17.2 Å². The molecule has 26 heavy (non-hydrogen) atoms. The van der Waals surface area contributed by atoms with Crippen molar-refractivity contribution in [2.45, 2.75) is 19.7 Å². The Labute approximate surface area is 148 Å². The number of hydrogen-bond donors (Lipinski definition) is 2. The van der Waals surface area contributed by atoms with Crippen LogP contribution in [0.2, 0.25) is 0 Å². The zero-order valence-electron chi connectivity index (χ0n) is 14.3. The van der Waals surface area contributed by atoms with Crippen LogP contribution in [0.25, 0.3) is 0 Å². The van der Waals surface area contributed by atoms with Gasteiger partial charge in [0.15, 0.2) is 17.5 Å². The van der Waals surface area contributed by atoms with Crippen molar-refractivity contribution in [1.29, 1.82) is 0 Å². The van der Waals surface area contributed by atoms with Crippen molar-refractivity contribution in [2.24, 2.45) is 12.0 Å². The predicted octanol–water partition coefficient (Wildman–Crippen LogP) is 1.62. The molecule has 1 aromatic carbocycles. The molecule has 0 radical (unpaired) electrons. The van der Waals surface area contributed by atoms with Gasteiger partial charge in [-0.05, 0) is 6.07 Å². The fourth-order valence-corrected chi connectivity index (χ4v) is 2.46. The summed E-state index contributed by atoms with van der Waals surface area (Å²) in [5, 5.41) is 10.3. The van der Waals surface area contributed by atoms with E-state index in [1.807, 2.05) is 13.2 Å². The molecule has 0 fully saturated rings. The molecule has 2 aromatic rings. The van der Waals surface area contributed by atoms with Crippen LogP contribution in [0.1, 0.15) is 11.1 Å². The number of nitrogens with one attached hydrogen (secondary N) is 2. The van der Waals surface area contributed by atoms with Crippen molar-refractivity contribution in [3.8, 4) is 17.2 Å². The van der Waals surface area contributed by atoms with Gasteiger partial charge in [0, 0.05) is 50.6 Å². The summed E-state index contributed by atoms with van der Waals surface area (Å²) in [4.78, 5) is 4.11. The minimum atomic E-state index is -2.93. The summed E-state index contributed by atoms with van der Waals surface area (Å²) in [6, 6.07) is 3.01. The topological polar surface area (TPSA) is 81.9 Å². The van der Waals surface area contributed by atoms with E-state index < -0.39 is 6.61 Å². The standard InChI is InChI=1S/C16H19F2N5O3/c1-19-16(20-5-10-6-22-23(2)8-10)21-7-11-3-13-14(25-9-24-13)4-12(11)26-15(17)18/h3-4,6,8,15H,5,7,9H2,1-2H3,(H2,19,20,21). The number of halogens is 2. The SMILES string of the molecule is CN=C(NCc1cnn(C)c1)NCc1cc2c(cc1OC(F)F)OCO2. The number of rotatable bonds is 6. The summed E-state index contributed by atoms with van der Waals surface area (Å²) in [7, 11) is 3.45. The fraction of sp³-hybridized carbons (Fsp3) is 0.375. The van der Waals surface area contributed by atoms with Gasteiger partial charge >= 0.3 is 6.61 Å². The Balaban J connectivity index is 1.65. The Morgan fingerprint density at radius 2 is 2.04 bits per heavy atom. The van der Waals surface area contributed by atoms with Crippen LogP contribution in [-0.4, -0.2) is 36.2 Å². The highest BCUT2D eigenvalue weighted by Gasteiger charge is 2.20. The van der Waals surface area contributed by atoms with Crippen molar-refractivity contribution >= 4 is 5.96 Å². The lowest BCUT2D eigenvalue weighted by Crippen LogP contribution is -2.36. The number of ether oxygens (including phenoxy) is 3. The smallest absolute Gasteiger partial charge is 0.387 e. The van der Waals surface area contributed by atoms with E-state index >= 15 is 0 Å². The van der Waals surface area contributed by atoms with Gasteiger partial charge < -0.3 is 24.8 Å². The molecule has 10 heteroatoms. The van der Waals surface area contributed by atoms with E-state index in [9.17, 15) is 8.78 Å². The van der Waals surface area contributed by atoms with Gasteiger partial charge in [-0.1, -0.05) is 0 Å². The maximum absolute atomic E-state index is 12.7. The van der Waals surface area contributed by atoms with Crippen molar-refractivity contribution < 1.29 is 23.0 Å². The first-order valence-corrected chi connectivity index (χ1v) is 7.84. The molecule has 1 aromatic heterocycles. The Bertz CT molecular complexity index is 794. The number of alkyl halides is 2. The number of fused-ring (bicyclic) bond motifs is 1. The van der Waals surface area contributed by atoms with E-state index in [-0.39, 0.29) is 19.1 Å². The van der Waals surface area contributed by atoms with Crippen LogP contribution in [0, 0.1) is 0 Å². The monoisotopic (exact) mass is 367 g/mol. The lowest BCUT2D eigenvalue weighted by molar-refractivity contribution is -0.0505. The Morgan fingerprint density at radius 1 is 1.31 bits per heavy atom. The molecular formula is C16H19F2N5O3. The third-order valence-electron chi connectivity index (χ3n) is 3.66. The molecule has 8 nitrogen and oxygen atoms in total. The molecule has 0 saturated heterocycles. The van der Waals surface area contributed by atoms with Crippen LogP contribution >= 0.6 is 0 Å². The van der Waals surface area contributed by atoms with E-state index in [0.29, 0.717) is 29.6 Å². The first kappa shape index (κ1) is 17.8. The molecule has 2 heterocycles. The largest absolute Gasteiger partial charge is 0.454 e. The number of hydrogen-bond acceptors (Lipinski definition) is 5. The number of guanidine groups is 1. The Kier molecular flexibility index (Phi) is 5.40. The summed E-state index contributed by atoms with van der Waals surface area (Å²) in [6.07, 6.45) is 3.62. The van der Waals surface area contributed by atoms with E-state index in [4.69, 9.17) is 9.47 Å². The summed E-state index contributed by atoms with van der Waals surface area (Å²) in [6.45, 7) is -2.15. The molecule has 2 N–H and O–H groups in total. The van der Waals surface area contributed by atoms with Gasteiger partial charge in [-0.2, -0.15) is 13.9 Å². The lowest BCUT2D eigenvalue weighted by atomic mass is 10.1. The average molecular weight is 367 g/mol. The Hall–Kier alpha value is -3.04. The van der Waals surface area contributed by atoms with Crippen molar-refractivity contribution in [1.82, 2.24) is 20.4 Å². The van der Waals surface area contributed by atoms with Gasteiger partial charge in [0.1, 0.15) is 5.75 Å². The van der Waals surface area contributed by atoms with Crippen molar-refractivity contribution in [2.75, 3.05) is 13.8 Å². The second kappa shape index (κ2) is 7.89. The molecule has 0 bridgehead atoms.